The second kappa shape index (κ2) is 8.26. The predicted octanol–water partition coefficient (Wildman–Crippen LogP) is 3.81. The number of rotatable bonds is 6. The van der Waals surface area contributed by atoms with Crippen molar-refractivity contribution in [2.45, 2.75) is 83.7 Å². The van der Waals surface area contributed by atoms with E-state index >= 15 is 0 Å². The van der Waals surface area contributed by atoms with E-state index in [9.17, 15) is 0 Å². The van der Waals surface area contributed by atoms with Gasteiger partial charge in [-0.3, -0.25) is 4.90 Å². The molecule has 0 spiro atoms. The molecular formula is C17H34N2. The van der Waals surface area contributed by atoms with Gasteiger partial charge in [-0.2, -0.15) is 0 Å². The van der Waals surface area contributed by atoms with Gasteiger partial charge >= 0.3 is 0 Å². The van der Waals surface area contributed by atoms with Gasteiger partial charge in [0.25, 0.3) is 0 Å². The minimum Gasteiger partial charge on any atom is -0.315 e. The molecule has 0 aromatic rings. The Labute approximate surface area is 120 Å². The molecule has 3 atom stereocenters. The molecule has 2 aliphatic rings. The fraction of sp³-hybridized carbons (Fsp3) is 1.00. The van der Waals surface area contributed by atoms with Crippen molar-refractivity contribution >= 4 is 0 Å². The van der Waals surface area contributed by atoms with Crippen LogP contribution in [0.4, 0.5) is 0 Å². The molecule has 1 N–H and O–H groups in total. The highest BCUT2D eigenvalue weighted by atomic mass is 15.2. The monoisotopic (exact) mass is 266 g/mol. The standard InChI is InChI=1S/C17H34N2/c1-3-11-18-14-17-9-5-6-12-19(17)16-10-7-8-15(4-2)13-16/h15-18H,3-14H2,1-2H3. The minimum absolute atomic E-state index is 0.820. The normalized spacial score (nSPS) is 33.5. The Morgan fingerprint density at radius 1 is 1.05 bits per heavy atom. The zero-order valence-electron chi connectivity index (χ0n) is 13.2. The van der Waals surface area contributed by atoms with Crippen molar-refractivity contribution in [3.05, 3.63) is 0 Å². The number of hydrogen-bond acceptors (Lipinski definition) is 2. The van der Waals surface area contributed by atoms with Gasteiger partial charge in [0, 0.05) is 18.6 Å². The maximum absolute atomic E-state index is 3.66. The number of hydrogen-bond donors (Lipinski definition) is 1. The van der Waals surface area contributed by atoms with Gasteiger partial charge in [0.1, 0.15) is 0 Å². The number of nitrogens with one attached hydrogen (secondary N) is 1. The van der Waals surface area contributed by atoms with Crippen molar-refractivity contribution in [1.82, 2.24) is 10.2 Å². The molecular weight excluding hydrogens is 232 g/mol. The van der Waals surface area contributed by atoms with E-state index in [1.165, 1.54) is 77.4 Å². The summed E-state index contributed by atoms with van der Waals surface area (Å²) < 4.78 is 0. The average molecular weight is 266 g/mol. The predicted molar refractivity (Wildman–Crippen MR) is 83.5 cm³/mol. The molecule has 0 amide bonds. The van der Waals surface area contributed by atoms with Crippen LogP contribution < -0.4 is 5.32 Å². The number of piperidine rings is 1. The molecule has 1 aliphatic heterocycles. The summed E-state index contributed by atoms with van der Waals surface area (Å²) in [6.07, 6.45) is 12.8. The second-order valence-electron chi connectivity index (χ2n) is 6.69. The van der Waals surface area contributed by atoms with Crippen LogP contribution in [-0.2, 0) is 0 Å². The van der Waals surface area contributed by atoms with Crippen molar-refractivity contribution in [2.75, 3.05) is 19.6 Å². The molecule has 2 nitrogen and oxygen atoms in total. The molecule has 0 aromatic carbocycles. The fourth-order valence-corrected chi connectivity index (χ4v) is 4.10. The summed E-state index contributed by atoms with van der Waals surface area (Å²) in [7, 11) is 0. The topological polar surface area (TPSA) is 15.3 Å². The van der Waals surface area contributed by atoms with Gasteiger partial charge in [-0.1, -0.05) is 39.5 Å². The molecule has 0 aromatic heterocycles. The van der Waals surface area contributed by atoms with Gasteiger partial charge < -0.3 is 5.32 Å². The van der Waals surface area contributed by atoms with E-state index in [1.807, 2.05) is 0 Å². The van der Waals surface area contributed by atoms with Crippen molar-refractivity contribution in [3.8, 4) is 0 Å². The van der Waals surface area contributed by atoms with E-state index in [4.69, 9.17) is 0 Å². The summed E-state index contributed by atoms with van der Waals surface area (Å²) in [5.74, 6) is 1.00. The maximum atomic E-state index is 3.66. The summed E-state index contributed by atoms with van der Waals surface area (Å²) in [4.78, 5) is 2.88. The first kappa shape index (κ1) is 15.3. The summed E-state index contributed by atoms with van der Waals surface area (Å²) >= 11 is 0. The van der Waals surface area contributed by atoms with E-state index in [0.717, 1.165) is 18.0 Å². The molecule has 19 heavy (non-hydrogen) atoms. The van der Waals surface area contributed by atoms with Gasteiger partial charge in [0.05, 0.1) is 0 Å². The highest BCUT2D eigenvalue weighted by Crippen LogP contribution is 2.32. The number of likely N-dealkylation sites (tertiary alicyclic amines) is 1. The van der Waals surface area contributed by atoms with E-state index < -0.39 is 0 Å². The van der Waals surface area contributed by atoms with Crippen molar-refractivity contribution in [1.29, 1.82) is 0 Å². The van der Waals surface area contributed by atoms with Crippen LogP contribution in [0.15, 0.2) is 0 Å². The van der Waals surface area contributed by atoms with E-state index in [0.29, 0.717) is 0 Å². The Morgan fingerprint density at radius 2 is 1.95 bits per heavy atom. The van der Waals surface area contributed by atoms with Crippen LogP contribution in [0.2, 0.25) is 0 Å². The van der Waals surface area contributed by atoms with Crippen LogP contribution >= 0.6 is 0 Å². The Morgan fingerprint density at radius 3 is 2.74 bits per heavy atom. The molecule has 2 fully saturated rings. The van der Waals surface area contributed by atoms with E-state index in [2.05, 4.69) is 24.1 Å². The van der Waals surface area contributed by atoms with Gasteiger partial charge in [0.2, 0.25) is 0 Å². The van der Waals surface area contributed by atoms with E-state index in [1.54, 1.807) is 0 Å². The largest absolute Gasteiger partial charge is 0.315 e. The molecule has 3 unspecified atom stereocenters. The molecule has 1 aliphatic carbocycles. The molecule has 112 valence electrons. The Bertz CT molecular complexity index is 241. The highest BCUT2D eigenvalue weighted by Gasteiger charge is 2.31. The lowest BCUT2D eigenvalue weighted by atomic mass is 9.82. The third-order valence-corrected chi connectivity index (χ3v) is 5.28. The average Bonchev–Trinajstić information content (AvgIpc) is 2.48. The van der Waals surface area contributed by atoms with Crippen LogP contribution in [-0.4, -0.2) is 36.6 Å². The van der Waals surface area contributed by atoms with Gasteiger partial charge in [-0.25, -0.2) is 0 Å². The molecule has 1 heterocycles. The fourth-order valence-electron chi connectivity index (χ4n) is 4.10. The van der Waals surface area contributed by atoms with E-state index in [-0.39, 0.29) is 0 Å². The first-order valence-electron chi connectivity index (χ1n) is 8.81. The number of nitrogens with zero attached hydrogens (tertiary/aromatic N) is 1. The van der Waals surface area contributed by atoms with Crippen molar-refractivity contribution < 1.29 is 0 Å². The second-order valence-corrected chi connectivity index (χ2v) is 6.69. The lowest BCUT2D eigenvalue weighted by Gasteiger charge is -2.44. The molecule has 2 rings (SSSR count). The van der Waals surface area contributed by atoms with Crippen LogP contribution in [0.3, 0.4) is 0 Å². The summed E-state index contributed by atoms with van der Waals surface area (Å²) in [5.41, 5.74) is 0. The molecule has 2 heteroatoms. The lowest BCUT2D eigenvalue weighted by Crippen LogP contribution is -2.51. The van der Waals surface area contributed by atoms with Gasteiger partial charge in [-0.15, -0.1) is 0 Å². The molecule has 1 saturated heterocycles. The molecule has 1 saturated carbocycles. The van der Waals surface area contributed by atoms with Crippen LogP contribution in [0, 0.1) is 5.92 Å². The smallest absolute Gasteiger partial charge is 0.0223 e. The van der Waals surface area contributed by atoms with Crippen LogP contribution in [0.25, 0.3) is 0 Å². The first-order valence-corrected chi connectivity index (χ1v) is 8.81. The maximum Gasteiger partial charge on any atom is 0.0223 e. The van der Waals surface area contributed by atoms with Crippen molar-refractivity contribution in [3.63, 3.8) is 0 Å². The first-order chi connectivity index (χ1) is 9.35. The Kier molecular flexibility index (Phi) is 6.66. The summed E-state index contributed by atoms with van der Waals surface area (Å²) in [6.45, 7) is 8.41. The van der Waals surface area contributed by atoms with Crippen LogP contribution in [0.5, 0.6) is 0 Å². The minimum atomic E-state index is 0.820. The van der Waals surface area contributed by atoms with Gasteiger partial charge in [0.15, 0.2) is 0 Å². The molecule has 0 radical (unpaired) electrons. The van der Waals surface area contributed by atoms with Crippen LogP contribution in [0.1, 0.15) is 71.6 Å². The Balaban J connectivity index is 1.86. The zero-order valence-corrected chi connectivity index (χ0v) is 13.2. The highest BCUT2D eigenvalue weighted by molar-refractivity contribution is 4.87. The summed E-state index contributed by atoms with van der Waals surface area (Å²) in [5, 5.41) is 3.66. The quantitative estimate of drug-likeness (QED) is 0.736. The van der Waals surface area contributed by atoms with Gasteiger partial charge in [-0.05, 0) is 51.1 Å². The summed E-state index contributed by atoms with van der Waals surface area (Å²) in [6, 6.07) is 1.72. The third kappa shape index (κ3) is 4.46. The Hall–Kier alpha value is -0.0800. The van der Waals surface area contributed by atoms with Crippen molar-refractivity contribution in [2.24, 2.45) is 5.92 Å². The molecule has 0 bridgehead atoms. The SMILES string of the molecule is CCCNCC1CCCCN1C1CCCC(CC)C1. The zero-order chi connectivity index (χ0) is 13.5. The third-order valence-electron chi connectivity index (χ3n) is 5.28. The lowest BCUT2D eigenvalue weighted by molar-refractivity contribution is 0.0575.